The highest BCUT2D eigenvalue weighted by molar-refractivity contribution is 7.80. The summed E-state index contributed by atoms with van der Waals surface area (Å²) < 4.78 is 11.8. The number of carboxylic acids is 1. The number of aromatic carboxylic acids is 1. The van der Waals surface area contributed by atoms with Gasteiger partial charge in [0.1, 0.15) is 12.2 Å². The van der Waals surface area contributed by atoms with E-state index < -0.39 is 17.8 Å². The maximum absolute atomic E-state index is 12.2. The van der Waals surface area contributed by atoms with Crippen LogP contribution in [-0.4, -0.2) is 34.6 Å². The van der Waals surface area contributed by atoms with Gasteiger partial charge in [0.25, 0.3) is 11.8 Å². The number of benzene rings is 2. The summed E-state index contributed by atoms with van der Waals surface area (Å²) in [6.07, 6.45) is 3.61. The van der Waals surface area contributed by atoms with Gasteiger partial charge in [-0.1, -0.05) is 18.2 Å². The summed E-state index contributed by atoms with van der Waals surface area (Å²) in [5.74, 6) is -1.23. The zero-order valence-electron chi connectivity index (χ0n) is 17.8. The number of ether oxygens (including phenoxy) is 2. The Labute approximate surface area is 195 Å². The molecule has 170 valence electrons. The lowest BCUT2D eigenvalue weighted by Crippen LogP contribution is -2.51. The number of nitrogens with one attached hydrogen (secondary N) is 2. The van der Waals surface area contributed by atoms with Crippen LogP contribution >= 0.6 is 12.2 Å². The molecule has 1 aliphatic heterocycles. The molecule has 0 bridgehead atoms. The number of amides is 2. The SMILES string of the molecule is C=CCc1cc(C=C2C(=O)NC(=S)NC2=O)cc(OCC)c1OCc1ccc(C(=O)O)cc1. The van der Waals surface area contributed by atoms with Gasteiger partial charge in [-0.15, -0.1) is 6.58 Å². The fourth-order valence-electron chi connectivity index (χ4n) is 3.17. The highest BCUT2D eigenvalue weighted by Crippen LogP contribution is 2.35. The minimum Gasteiger partial charge on any atom is -0.490 e. The first-order valence-electron chi connectivity index (χ1n) is 10.1. The topological polar surface area (TPSA) is 114 Å². The smallest absolute Gasteiger partial charge is 0.335 e. The van der Waals surface area contributed by atoms with Gasteiger partial charge < -0.3 is 14.6 Å². The molecule has 8 nitrogen and oxygen atoms in total. The molecule has 0 atom stereocenters. The molecule has 0 saturated carbocycles. The van der Waals surface area contributed by atoms with Crippen LogP contribution in [0.3, 0.4) is 0 Å². The molecule has 3 rings (SSSR count). The predicted molar refractivity (Wildman–Crippen MR) is 126 cm³/mol. The summed E-state index contributed by atoms with van der Waals surface area (Å²) >= 11 is 4.83. The van der Waals surface area contributed by atoms with Crippen molar-refractivity contribution in [3.8, 4) is 11.5 Å². The van der Waals surface area contributed by atoms with E-state index in [1.165, 1.54) is 18.2 Å². The monoisotopic (exact) mass is 466 g/mol. The van der Waals surface area contributed by atoms with Crippen LogP contribution in [0.5, 0.6) is 11.5 Å². The van der Waals surface area contributed by atoms with Crippen LogP contribution in [0.2, 0.25) is 0 Å². The van der Waals surface area contributed by atoms with E-state index >= 15 is 0 Å². The van der Waals surface area contributed by atoms with Crippen LogP contribution in [0.25, 0.3) is 6.08 Å². The van der Waals surface area contributed by atoms with Gasteiger partial charge in [0, 0.05) is 5.56 Å². The number of hydrogen-bond donors (Lipinski definition) is 3. The number of carbonyl (C=O) groups excluding carboxylic acids is 2. The Morgan fingerprint density at radius 1 is 1.12 bits per heavy atom. The van der Waals surface area contributed by atoms with E-state index in [9.17, 15) is 14.4 Å². The molecule has 1 aliphatic rings. The van der Waals surface area contributed by atoms with Crippen LogP contribution in [-0.2, 0) is 22.6 Å². The fraction of sp³-hybridized carbons (Fsp3) is 0.167. The van der Waals surface area contributed by atoms with Crippen molar-refractivity contribution in [2.24, 2.45) is 0 Å². The zero-order valence-corrected chi connectivity index (χ0v) is 18.7. The molecule has 0 unspecified atom stereocenters. The second kappa shape index (κ2) is 10.6. The summed E-state index contributed by atoms with van der Waals surface area (Å²) in [4.78, 5) is 35.4. The number of rotatable bonds is 9. The summed E-state index contributed by atoms with van der Waals surface area (Å²) in [7, 11) is 0. The molecule has 2 amide bonds. The van der Waals surface area contributed by atoms with Crippen LogP contribution in [0, 0.1) is 0 Å². The maximum atomic E-state index is 12.2. The Morgan fingerprint density at radius 3 is 2.36 bits per heavy atom. The van der Waals surface area contributed by atoms with E-state index in [2.05, 4.69) is 17.2 Å². The average Bonchev–Trinajstić information content (AvgIpc) is 2.76. The molecule has 0 aromatic heterocycles. The molecule has 1 fully saturated rings. The van der Waals surface area contributed by atoms with Gasteiger partial charge in [-0.05, 0) is 67.0 Å². The van der Waals surface area contributed by atoms with Crippen LogP contribution in [0.15, 0.2) is 54.6 Å². The van der Waals surface area contributed by atoms with Gasteiger partial charge in [0.05, 0.1) is 12.2 Å². The highest BCUT2D eigenvalue weighted by atomic mass is 32.1. The Morgan fingerprint density at radius 2 is 1.79 bits per heavy atom. The molecule has 33 heavy (non-hydrogen) atoms. The van der Waals surface area contributed by atoms with Crippen LogP contribution in [0.4, 0.5) is 0 Å². The lowest BCUT2D eigenvalue weighted by atomic mass is 10.0. The van der Waals surface area contributed by atoms with E-state index in [1.54, 1.807) is 30.3 Å². The van der Waals surface area contributed by atoms with Gasteiger partial charge in [-0.25, -0.2) is 4.79 Å². The Balaban J connectivity index is 1.94. The first kappa shape index (κ1) is 23.7. The van der Waals surface area contributed by atoms with Crippen molar-refractivity contribution < 1.29 is 29.0 Å². The number of thiocarbonyl (C=S) groups is 1. The van der Waals surface area contributed by atoms with Crippen molar-refractivity contribution in [3.05, 3.63) is 76.9 Å². The van der Waals surface area contributed by atoms with Crippen molar-refractivity contribution in [3.63, 3.8) is 0 Å². The standard InChI is InChI=1S/C24H22N2O6S/c1-3-5-17-10-15(11-18-21(27)25-24(33)26-22(18)28)12-19(31-4-2)20(17)32-13-14-6-8-16(9-7-14)23(29)30/h3,6-12H,1,4-5,13H2,2H3,(H,29,30)(H2,25,26,27,28,33). The summed E-state index contributed by atoms with van der Waals surface area (Å²) in [6.45, 7) is 6.17. The quantitative estimate of drug-likeness (QED) is 0.225. The molecular formula is C24H22N2O6S. The fourth-order valence-corrected chi connectivity index (χ4v) is 3.36. The Hall–Kier alpha value is -3.98. The van der Waals surface area contributed by atoms with Crippen molar-refractivity contribution in [1.29, 1.82) is 0 Å². The molecular weight excluding hydrogens is 444 g/mol. The van der Waals surface area contributed by atoms with Crippen molar-refractivity contribution in [2.75, 3.05) is 6.61 Å². The third-order valence-electron chi connectivity index (χ3n) is 4.66. The number of hydrogen-bond acceptors (Lipinski definition) is 6. The van der Waals surface area contributed by atoms with Gasteiger partial charge in [0.2, 0.25) is 0 Å². The van der Waals surface area contributed by atoms with E-state index in [4.69, 9.17) is 26.8 Å². The summed E-state index contributed by atoms with van der Waals surface area (Å²) in [5.41, 5.74) is 2.21. The van der Waals surface area contributed by atoms with Gasteiger partial charge >= 0.3 is 5.97 Å². The third kappa shape index (κ3) is 5.83. The molecule has 0 radical (unpaired) electrons. The molecule has 2 aromatic carbocycles. The average molecular weight is 467 g/mol. The van der Waals surface area contributed by atoms with Crippen molar-refractivity contribution >= 4 is 41.2 Å². The van der Waals surface area contributed by atoms with E-state index in [0.717, 1.165) is 11.1 Å². The summed E-state index contributed by atoms with van der Waals surface area (Å²) in [6, 6.07) is 9.85. The van der Waals surface area contributed by atoms with Crippen LogP contribution in [0.1, 0.15) is 34.0 Å². The van der Waals surface area contributed by atoms with E-state index in [0.29, 0.717) is 30.1 Å². The normalized spacial score (nSPS) is 13.1. The number of carboxylic acid groups (broad SMARTS) is 1. The van der Waals surface area contributed by atoms with Gasteiger partial charge in [0.15, 0.2) is 16.6 Å². The Kier molecular flexibility index (Phi) is 7.57. The first-order chi connectivity index (χ1) is 15.8. The largest absolute Gasteiger partial charge is 0.490 e. The highest BCUT2D eigenvalue weighted by Gasteiger charge is 2.26. The third-order valence-corrected chi connectivity index (χ3v) is 4.86. The molecule has 3 N–H and O–H groups in total. The second-order valence-corrected chi connectivity index (χ2v) is 7.43. The molecule has 1 saturated heterocycles. The molecule has 2 aromatic rings. The van der Waals surface area contributed by atoms with Gasteiger partial charge in [-0.3, -0.25) is 20.2 Å². The lowest BCUT2D eigenvalue weighted by Gasteiger charge is -2.18. The minimum absolute atomic E-state index is 0.0374. The predicted octanol–water partition coefficient (Wildman–Crippen LogP) is 3.01. The summed E-state index contributed by atoms with van der Waals surface area (Å²) in [5, 5.41) is 13.8. The zero-order chi connectivity index (χ0) is 24.0. The molecule has 0 aliphatic carbocycles. The minimum atomic E-state index is -0.999. The number of allylic oxidation sites excluding steroid dienone is 1. The Bertz CT molecular complexity index is 1130. The second-order valence-electron chi connectivity index (χ2n) is 7.02. The van der Waals surface area contributed by atoms with Crippen molar-refractivity contribution in [1.82, 2.24) is 10.6 Å². The molecule has 1 heterocycles. The first-order valence-corrected chi connectivity index (χ1v) is 10.5. The van der Waals surface area contributed by atoms with Gasteiger partial charge in [-0.2, -0.15) is 0 Å². The maximum Gasteiger partial charge on any atom is 0.335 e. The molecule has 0 spiro atoms. The van der Waals surface area contributed by atoms with Crippen LogP contribution < -0.4 is 20.1 Å². The van der Waals surface area contributed by atoms with Crippen molar-refractivity contribution in [2.45, 2.75) is 20.0 Å². The van der Waals surface area contributed by atoms with E-state index in [1.807, 2.05) is 6.92 Å². The molecule has 9 heteroatoms. The number of carbonyl (C=O) groups is 3. The lowest BCUT2D eigenvalue weighted by molar-refractivity contribution is -0.123. The van der Waals surface area contributed by atoms with E-state index in [-0.39, 0.29) is 22.9 Å².